The predicted molar refractivity (Wildman–Crippen MR) is 75.1 cm³/mol. The maximum atomic E-state index is 12.5. The average molecular weight is 316 g/mol. The molecule has 114 valence electrons. The van der Waals surface area contributed by atoms with Crippen molar-refractivity contribution >= 4 is 11.8 Å². The Labute approximate surface area is 124 Å². The number of aromatic nitrogens is 1. The number of nitrogens with two attached hydrogens (primary N) is 1. The number of oxazole rings is 1. The number of hydrogen-bond acceptors (Lipinski definition) is 4. The van der Waals surface area contributed by atoms with Crippen LogP contribution in [0.4, 0.5) is 13.2 Å². The highest BCUT2D eigenvalue weighted by Gasteiger charge is 2.30. The zero-order valence-corrected chi connectivity index (χ0v) is 12.4. The van der Waals surface area contributed by atoms with Crippen LogP contribution in [0.15, 0.2) is 33.9 Å². The van der Waals surface area contributed by atoms with Crippen molar-refractivity contribution in [3.8, 4) is 0 Å². The molecule has 2 N–H and O–H groups in total. The van der Waals surface area contributed by atoms with Crippen LogP contribution in [0.2, 0.25) is 0 Å². The van der Waals surface area contributed by atoms with E-state index >= 15 is 0 Å². The fraction of sp³-hybridized carbons (Fsp3) is 0.357. The minimum atomic E-state index is -4.33. The van der Waals surface area contributed by atoms with Crippen LogP contribution < -0.4 is 5.73 Å². The number of benzene rings is 1. The Bertz CT molecular complexity index is 588. The van der Waals surface area contributed by atoms with Gasteiger partial charge in [-0.3, -0.25) is 0 Å². The van der Waals surface area contributed by atoms with E-state index in [0.717, 1.165) is 23.6 Å². The van der Waals surface area contributed by atoms with Gasteiger partial charge in [-0.25, -0.2) is 4.98 Å². The van der Waals surface area contributed by atoms with E-state index in [1.54, 1.807) is 0 Å². The van der Waals surface area contributed by atoms with Gasteiger partial charge in [-0.05, 0) is 31.5 Å². The zero-order chi connectivity index (χ0) is 15.6. The van der Waals surface area contributed by atoms with E-state index in [1.807, 2.05) is 13.8 Å². The third kappa shape index (κ3) is 4.01. The van der Waals surface area contributed by atoms with Gasteiger partial charge in [0.1, 0.15) is 5.76 Å². The predicted octanol–water partition coefficient (Wildman–Crippen LogP) is 4.10. The van der Waals surface area contributed by atoms with Crippen LogP contribution in [-0.2, 0) is 6.18 Å². The molecule has 7 heteroatoms. The first-order chi connectivity index (χ1) is 9.77. The Morgan fingerprint density at radius 3 is 2.33 bits per heavy atom. The van der Waals surface area contributed by atoms with Crippen LogP contribution in [0.1, 0.15) is 28.6 Å². The molecule has 0 bridgehead atoms. The highest BCUT2D eigenvalue weighted by atomic mass is 32.2. The maximum absolute atomic E-state index is 12.5. The van der Waals surface area contributed by atoms with Gasteiger partial charge >= 0.3 is 6.18 Å². The van der Waals surface area contributed by atoms with Gasteiger partial charge in [0.05, 0.1) is 11.3 Å². The lowest BCUT2D eigenvalue weighted by Crippen LogP contribution is -2.13. The van der Waals surface area contributed by atoms with Gasteiger partial charge in [0.25, 0.3) is 5.22 Å². The summed E-state index contributed by atoms with van der Waals surface area (Å²) in [4.78, 5) is 4.21. The minimum Gasteiger partial charge on any atom is -0.437 e. The summed E-state index contributed by atoms with van der Waals surface area (Å²) in [6.45, 7) is 3.67. The largest absolute Gasteiger partial charge is 0.437 e. The second-order valence-electron chi connectivity index (χ2n) is 4.66. The van der Waals surface area contributed by atoms with Crippen molar-refractivity contribution in [1.82, 2.24) is 4.98 Å². The molecule has 21 heavy (non-hydrogen) atoms. The second kappa shape index (κ2) is 6.11. The third-order valence-electron chi connectivity index (χ3n) is 3.06. The summed E-state index contributed by atoms with van der Waals surface area (Å²) >= 11 is 1.34. The number of nitrogens with zero attached hydrogens (tertiary/aromatic N) is 1. The number of alkyl halides is 3. The molecule has 0 aliphatic carbocycles. The number of thioether (sulfide) groups is 1. The van der Waals surface area contributed by atoms with Gasteiger partial charge < -0.3 is 10.2 Å². The Morgan fingerprint density at radius 1 is 1.24 bits per heavy atom. The summed E-state index contributed by atoms with van der Waals surface area (Å²) in [5.74, 6) is 1.23. The Kier molecular flexibility index (Phi) is 4.63. The molecule has 0 amide bonds. The first-order valence-corrected chi connectivity index (χ1v) is 7.25. The molecule has 1 atom stereocenters. The standard InChI is InChI=1S/C14H15F3N2OS/c1-8-9(2)20-13(19-8)21-7-12(18)10-3-5-11(6-4-10)14(15,16)17/h3-6,12H,7,18H2,1-2H3. The number of aryl methyl sites for hydroxylation is 2. The Morgan fingerprint density at radius 2 is 1.86 bits per heavy atom. The molecular weight excluding hydrogens is 301 g/mol. The fourth-order valence-corrected chi connectivity index (χ4v) is 2.58. The molecule has 1 aromatic carbocycles. The second-order valence-corrected chi connectivity index (χ2v) is 5.63. The molecule has 0 fully saturated rings. The zero-order valence-electron chi connectivity index (χ0n) is 11.6. The highest BCUT2D eigenvalue weighted by molar-refractivity contribution is 7.99. The first kappa shape index (κ1) is 15.9. The van der Waals surface area contributed by atoms with E-state index < -0.39 is 11.7 Å². The molecule has 1 unspecified atom stereocenters. The number of halogens is 3. The molecular formula is C14H15F3N2OS. The van der Waals surface area contributed by atoms with E-state index in [1.165, 1.54) is 23.9 Å². The molecule has 0 aliphatic heterocycles. The molecule has 2 aromatic rings. The van der Waals surface area contributed by atoms with Crippen LogP contribution in [-0.4, -0.2) is 10.7 Å². The normalized spacial score (nSPS) is 13.4. The molecule has 0 radical (unpaired) electrons. The fourth-order valence-electron chi connectivity index (χ4n) is 1.68. The van der Waals surface area contributed by atoms with Gasteiger partial charge in [-0.15, -0.1) is 0 Å². The van der Waals surface area contributed by atoms with E-state index in [2.05, 4.69) is 4.98 Å². The molecule has 0 saturated heterocycles. The topological polar surface area (TPSA) is 52.0 Å². The quantitative estimate of drug-likeness (QED) is 0.863. The summed E-state index contributed by atoms with van der Waals surface area (Å²) in [7, 11) is 0. The summed E-state index contributed by atoms with van der Waals surface area (Å²) in [5, 5.41) is 0.521. The molecule has 0 saturated carbocycles. The molecule has 0 spiro atoms. The third-order valence-corrected chi connectivity index (χ3v) is 4.01. The van der Waals surface area contributed by atoms with Gasteiger partial charge in [-0.1, -0.05) is 23.9 Å². The van der Waals surface area contributed by atoms with Crippen molar-refractivity contribution in [2.75, 3.05) is 5.75 Å². The van der Waals surface area contributed by atoms with Crippen molar-refractivity contribution in [2.24, 2.45) is 5.73 Å². The van der Waals surface area contributed by atoms with Crippen molar-refractivity contribution in [3.05, 3.63) is 46.8 Å². The summed E-state index contributed by atoms with van der Waals surface area (Å²) in [6, 6.07) is 4.50. The van der Waals surface area contributed by atoms with Gasteiger partial charge in [0.15, 0.2) is 0 Å². The Balaban J connectivity index is 1.98. The van der Waals surface area contributed by atoms with Gasteiger partial charge in [0.2, 0.25) is 0 Å². The monoisotopic (exact) mass is 316 g/mol. The molecule has 1 aromatic heterocycles. The van der Waals surface area contributed by atoms with E-state index in [4.69, 9.17) is 10.2 Å². The molecule has 1 heterocycles. The molecule has 0 aliphatic rings. The minimum absolute atomic E-state index is 0.384. The number of rotatable bonds is 4. The average Bonchev–Trinajstić information content (AvgIpc) is 2.74. The SMILES string of the molecule is Cc1nc(SCC(N)c2ccc(C(F)(F)F)cc2)oc1C. The van der Waals surface area contributed by atoms with Gasteiger partial charge in [-0.2, -0.15) is 13.2 Å². The summed E-state index contributed by atoms with van der Waals surface area (Å²) in [5.41, 5.74) is 6.77. The lowest BCUT2D eigenvalue weighted by atomic mass is 10.1. The van der Waals surface area contributed by atoms with Crippen molar-refractivity contribution in [1.29, 1.82) is 0 Å². The van der Waals surface area contributed by atoms with Crippen LogP contribution in [0, 0.1) is 13.8 Å². The van der Waals surface area contributed by atoms with Crippen LogP contribution >= 0.6 is 11.8 Å². The van der Waals surface area contributed by atoms with Crippen molar-refractivity contribution < 1.29 is 17.6 Å². The summed E-state index contributed by atoms with van der Waals surface area (Å²) in [6.07, 6.45) is -4.33. The lowest BCUT2D eigenvalue weighted by Gasteiger charge is -2.12. The van der Waals surface area contributed by atoms with Crippen molar-refractivity contribution in [3.63, 3.8) is 0 Å². The van der Waals surface area contributed by atoms with E-state index in [-0.39, 0.29) is 6.04 Å². The van der Waals surface area contributed by atoms with Crippen LogP contribution in [0.25, 0.3) is 0 Å². The first-order valence-electron chi connectivity index (χ1n) is 6.27. The van der Waals surface area contributed by atoms with Gasteiger partial charge in [0, 0.05) is 11.8 Å². The smallest absolute Gasteiger partial charge is 0.416 e. The number of hydrogen-bond donors (Lipinski definition) is 1. The molecule has 3 nitrogen and oxygen atoms in total. The lowest BCUT2D eigenvalue weighted by molar-refractivity contribution is -0.137. The summed E-state index contributed by atoms with van der Waals surface area (Å²) < 4.78 is 42.8. The molecule has 2 rings (SSSR count). The van der Waals surface area contributed by atoms with E-state index in [0.29, 0.717) is 16.5 Å². The maximum Gasteiger partial charge on any atom is 0.416 e. The van der Waals surface area contributed by atoms with Crippen LogP contribution in [0.5, 0.6) is 0 Å². The van der Waals surface area contributed by atoms with E-state index in [9.17, 15) is 13.2 Å². The highest BCUT2D eigenvalue weighted by Crippen LogP contribution is 2.30. The van der Waals surface area contributed by atoms with Crippen LogP contribution in [0.3, 0.4) is 0 Å². The van der Waals surface area contributed by atoms with Crippen molar-refractivity contribution in [2.45, 2.75) is 31.3 Å². The Hall–Kier alpha value is -1.47.